The van der Waals surface area contributed by atoms with E-state index in [9.17, 15) is 9.59 Å². The number of rotatable bonds is 9. The lowest BCUT2D eigenvalue weighted by Crippen LogP contribution is -2.42. The number of hydrogen-bond acceptors (Lipinski definition) is 5. The van der Waals surface area contributed by atoms with Crippen molar-refractivity contribution in [3.63, 3.8) is 0 Å². The summed E-state index contributed by atoms with van der Waals surface area (Å²) in [6.07, 6.45) is 2.11. The van der Waals surface area contributed by atoms with Crippen LogP contribution in [0.4, 0.5) is 0 Å². The number of carbonyl (C=O) groups excluding carboxylic acids is 2. The maximum atomic E-state index is 12.8. The third-order valence-corrected chi connectivity index (χ3v) is 5.48. The van der Waals surface area contributed by atoms with E-state index in [1.807, 2.05) is 53.4 Å². The molecule has 0 aliphatic carbocycles. The van der Waals surface area contributed by atoms with Gasteiger partial charge in [0.05, 0.1) is 33.4 Å². The molecule has 2 aromatic carbocycles. The third kappa shape index (κ3) is 6.21. The quantitative estimate of drug-likeness (QED) is 0.668. The summed E-state index contributed by atoms with van der Waals surface area (Å²) < 4.78 is 10.5. The van der Waals surface area contributed by atoms with Crippen LogP contribution in [0.15, 0.2) is 48.5 Å². The third-order valence-electron chi connectivity index (χ3n) is 5.48. The first-order chi connectivity index (χ1) is 15.0. The molecule has 1 N–H and O–H groups in total. The van der Waals surface area contributed by atoms with Crippen LogP contribution in [-0.2, 0) is 9.59 Å². The van der Waals surface area contributed by atoms with Crippen LogP contribution in [-0.4, -0.2) is 69.1 Å². The van der Waals surface area contributed by atoms with Gasteiger partial charge in [-0.15, -0.1) is 0 Å². The number of likely N-dealkylation sites (tertiary alicyclic amines) is 1. The molecule has 7 heteroatoms. The van der Waals surface area contributed by atoms with Gasteiger partial charge in [-0.25, -0.2) is 0 Å². The molecule has 0 aromatic heterocycles. The summed E-state index contributed by atoms with van der Waals surface area (Å²) in [6.45, 7) is 2.01. The lowest BCUT2D eigenvalue weighted by Gasteiger charge is -2.24. The second kappa shape index (κ2) is 10.8. The van der Waals surface area contributed by atoms with Crippen LogP contribution in [0.3, 0.4) is 0 Å². The fraction of sp³-hybridized carbons (Fsp3) is 0.417. The zero-order valence-electron chi connectivity index (χ0n) is 18.5. The van der Waals surface area contributed by atoms with Crippen LogP contribution in [0.5, 0.6) is 11.5 Å². The van der Waals surface area contributed by atoms with E-state index in [2.05, 4.69) is 5.32 Å². The normalized spacial score (nSPS) is 13.5. The minimum absolute atomic E-state index is 0.0784. The summed E-state index contributed by atoms with van der Waals surface area (Å²) in [6, 6.07) is 14.9. The smallest absolute Gasteiger partial charge is 0.236 e. The van der Waals surface area contributed by atoms with E-state index in [4.69, 9.17) is 9.47 Å². The summed E-state index contributed by atoms with van der Waals surface area (Å²) >= 11 is 0. The molecule has 0 atom stereocenters. The highest BCUT2D eigenvalue weighted by Gasteiger charge is 2.22. The number of likely N-dealkylation sites (N-methyl/N-ethyl adjacent to an activating group) is 1. The van der Waals surface area contributed by atoms with Crippen LogP contribution in [0.2, 0.25) is 0 Å². The predicted molar refractivity (Wildman–Crippen MR) is 119 cm³/mol. The number of nitrogens with zero attached hydrogens (tertiary/aromatic N) is 2. The molecule has 31 heavy (non-hydrogen) atoms. The van der Waals surface area contributed by atoms with Crippen LogP contribution in [0.1, 0.15) is 30.0 Å². The lowest BCUT2D eigenvalue weighted by molar-refractivity contribution is -0.131. The summed E-state index contributed by atoms with van der Waals surface area (Å²) in [5, 5.41) is 3.11. The monoisotopic (exact) mass is 425 g/mol. The van der Waals surface area contributed by atoms with Gasteiger partial charge in [0, 0.05) is 13.1 Å². The van der Waals surface area contributed by atoms with Gasteiger partial charge in [0.25, 0.3) is 0 Å². The highest BCUT2D eigenvalue weighted by atomic mass is 16.5. The fourth-order valence-corrected chi connectivity index (χ4v) is 3.76. The summed E-state index contributed by atoms with van der Waals surface area (Å²) in [4.78, 5) is 28.8. The molecule has 1 heterocycles. The van der Waals surface area contributed by atoms with E-state index in [0.717, 1.165) is 48.6 Å². The highest BCUT2D eigenvalue weighted by molar-refractivity contribution is 5.81. The first-order valence-corrected chi connectivity index (χ1v) is 10.5. The number of methoxy groups -OCH3 is 2. The highest BCUT2D eigenvalue weighted by Crippen LogP contribution is 2.26. The van der Waals surface area contributed by atoms with E-state index < -0.39 is 0 Å². The molecule has 166 valence electrons. The molecular formula is C24H31N3O4. The van der Waals surface area contributed by atoms with E-state index in [-0.39, 0.29) is 30.9 Å². The molecule has 2 amide bonds. The maximum Gasteiger partial charge on any atom is 0.236 e. The Balaban J connectivity index is 1.69. The summed E-state index contributed by atoms with van der Waals surface area (Å²) in [5.74, 6) is 1.44. The molecule has 0 saturated carbocycles. The molecule has 0 bridgehead atoms. The number of ether oxygens (including phenoxy) is 2. The second-order valence-corrected chi connectivity index (χ2v) is 7.81. The van der Waals surface area contributed by atoms with E-state index in [1.165, 1.54) is 0 Å². The van der Waals surface area contributed by atoms with Gasteiger partial charge in [0.1, 0.15) is 11.5 Å². The summed E-state index contributed by atoms with van der Waals surface area (Å²) in [5.41, 5.74) is 1.88. The number of amides is 2. The molecule has 2 aromatic rings. The second-order valence-electron chi connectivity index (χ2n) is 7.81. The Morgan fingerprint density at radius 1 is 0.903 bits per heavy atom. The van der Waals surface area contributed by atoms with E-state index >= 15 is 0 Å². The Labute approximate surface area is 183 Å². The SMILES string of the molecule is COc1ccc(C(NC(=O)CN(C)CC(=O)N2CCCC2)c2ccc(OC)cc2)cc1. The zero-order chi connectivity index (χ0) is 22.2. The minimum atomic E-state index is -0.327. The zero-order valence-corrected chi connectivity index (χ0v) is 18.5. The molecular weight excluding hydrogens is 394 g/mol. The van der Waals surface area contributed by atoms with E-state index in [1.54, 1.807) is 26.2 Å². The molecule has 1 saturated heterocycles. The average molecular weight is 426 g/mol. The predicted octanol–water partition coefficient (Wildman–Crippen LogP) is 2.46. The van der Waals surface area contributed by atoms with Crippen molar-refractivity contribution < 1.29 is 19.1 Å². The van der Waals surface area contributed by atoms with Gasteiger partial charge < -0.3 is 19.7 Å². The van der Waals surface area contributed by atoms with Crippen LogP contribution in [0, 0.1) is 0 Å². The Morgan fingerprint density at radius 2 is 1.39 bits per heavy atom. The largest absolute Gasteiger partial charge is 0.497 e. The Kier molecular flexibility index (Phi) is 7.89. The lowest BCUT2D eigenvalue weighted by atomic mass is 9.98. The van der Waals surface area contributed by atoms with Gasteiger partial charge in [0.15, 0.2) is 0 Å². The molecule has 7 nitrogen and oxygen atoms in total. The molecule has 1 aliphatic heterocycles. The minimum Gasteiger partial charge on any atom is -0.497 e. The maximum absolute atomic E-state index is 12.8. The number of carbonyl (C=O) groups is 2. The number of benzene rings is 2. The first-order valence-electron chi connectivity index (χ1n) is 10.5. The van der Waals surface area contributed by atoms with E-state index in [0.29, 0.717) is 0 Å². The van der Waals surface area contributed by atoms with Gasteiger partial charge in [-0.05, 0) is 55.3 Å². The molecule has 1 aliphatic rings. The van der Waals surface area contributed by atoms with Crippen molar-refractivity contribution in [2.24, 2.45) is 0 Å². The Morgan fingerprint density at radius 3 is 1.84 bits per heavy atom. The Hall–Kier alpha value is -3.06. The van der Waals surface area contributed by atoms with Gasteiger partial charge in [-0.1, -0.05) is 24.3 Å². The number of hydrogen-bond donors (Lipinski definition) is 1. The molecule has 0 spiro atoms. The first kappa shape index (κ1) is 22.6. The Bertz CT molecular complexity index is 814. The van der Waals surface area contributed by atoms with Gasteiger partial charge >= 0.3 is 0 Å². The van der Waals surface area contributed by atoms with Gasteiger partial charge in [-0.3, -0.25) is 14.5 Å². The molecule has 0 unspecified atom stereocenters. The molecule has 0 radical (unpaired) electrons. The van der Waals surface area contributed by atoms with Crippen molar-refractivity contribution >= 4 is 11.8 Å². The van der Waals surface area contributed by atoms with Crippen molar-refractivity contribution in [1.29, 1.82) is 0 Å². The standard InChI is InChI=1S/C24H31N3O4/c1-26(17-23(29)27-14-4-5-15-27)16-22(28)25-24(18-6-10-20(30-2)11-7-18)19-8-12-21(31-3)13-9-19/h6-13,24H,4-5,14-17H2,1-3H3,(H,25,28). The van der Waals surface area contributed by atoms with Crippen molar-refractivity contribution in [2.75, 3.05) is 47.4 Å². The fourth-order valence-electron chi connectivity index (χ4n) is 3.76. The van der Waals surface area contributed by atoms with Gasteiger partial charge in [-0.2, -0.15) is 0 Å². The van der Waals surface area contributed by atoms with Crippen molar-refractivity contribution in [3.8, 4) is 11.5 Å². The van der Waals surface area contributed by atoms with Crippen LogP contribution in [0.25, 0.3) is 0 Å². The topological polar surface area (TPSA) is 71.1 Å². The van der Waals surface area contributed by atoms with Crippen molar-refractivity contribution in [2.45, 2.75) is 18.9 Å². The van der Waals surface area contributed by atoms with Crippen LogP contribution >= 0.6 is 0 Å². The average Bonchev–Trinajstić information content (AvgIpc) is 3.33. The van der Waals surface area contributed by atoms with Crippen molar-refractivity contribution in [1.82, 2.24) is 15.1 Å². The van der Waals surface area contributed by atoms with Crippen molar-refractivity contribution in [3.05, 3.63) is 59.7 Å². The molecule has 3 rings (SSSR count). The van der Waals surface area contributed by atoms with Gasteiger partial charge in [0.2, 0.25) is 11.8 Å². The van der Waals surface area contributed by atoms with Crippen LogP contribution < -0.4 is 14.8 Å². The molecule has 1 fully saturated rings. The number of nitrogens with one attached hydrogen (secondary N) is 1. The summed E-state index contributed by atoms with van der Waals surface area (Å²) in [7, 11) is 5.04.